The molecule has 0 aromatic carbocycles. The summed E-state index contributed by atoms with van der Waals surface area (Å²) < 4.78 is 0. The number of nitrogens with one attached hydrogen (secondary N) is 2. The van der Waals surface area contributed by atoms with Crippen molar-refractivity contribution in [3.05, 3.63) is 11.6 Å². The molecule has 6 heteroatoms. The molecule has 1 saturated heterocycles. The predicted octanol–water partition coefficient (Wildman–Crippen LogP) is 5.34. The minimum Gasteiger partial charge on any atom is -0.351 e. The number of hydrogen-bond donors (Lipinski definition) is 3. The van der Waals surface area contributed by atoms with Crippen LogP contribution >= 0.6 is 0 Å². The summed E-state index contributed by atoms with van der Waals surface area (Å²) in [5.74, 6) is 0.287. The van der Waals surface area contributed by atoms with Gasteiger partial charge in [0.15, 0.2) is 5.78 Å². The van der Waals surface area contributed by atoms with E-state index in [9.17, 15) is 19.6 Å². The Morgan fingerprint density at radius 3 is 2.31 bits per heavy atom. The molecular formula is C30H46N2O4. The molecule has 1 heterocycles. The van der Waals surface area contributed by atoms with Crippen molar-refractivity contribution in [2.75, 3.05) is 0 Å². The van der Waals surface area contributed by atoms with E-state index in [1.54, 1.807) is 0 Å². The van der Waals surface area contributed by atoms with Crippen molar-refractivity contribution in [1.29, 1.82) is 0 Å². The van der Waals surface area contributed by atoms with Crippen molar-refractivity contribution in [2.45, 2.75) is 112 Å². The van der Waals surface area contributed by atoms with Gasteiger partial charge in [-0.05, 0) is 105 Å². The van der Waals surface area contributed by atoms with Gasteiger partial charge in [-0.1, -0.05) is 40.2 Å². The van der Waals surface area contributed by atoms with Crippen molar-refractivity contribution in [1.82, 2.24) is 10.8 Å². The SMILES string of the molecule is CC1(C)NC(=O)CC[C@@]2(C)C1CC[C@]1(C)[C@@H]2C(=O)C=C2[C@@H]3C[C@@](C)(C(=O)NO)CC[C@]3(C)CC[C@]21C. The summed E-state index contributed by atoms with van der Waals surface area (Å²) in [5, 5.41) is 12.7. The number of ketones is 1. The molecule has 200 valence electrons. The van der Waals surface area contributed by atoms with Crippen molar-refractivity contribution in [2.24, 2.45) is 44.8 Å². The van der Waals surface area contributed by atoms with Crippen LogP contribution in [0.5, 0.6) is 0 Å². The molecule has 3 N–H and O–H groups in total. The molecule has 0 bridgehead atoms. The highest BCUT2D eigenvalue weighted by Gasteiger charge is 2.69. The first-order valence-corrected chi connectivity index (χ1v) is 14.1. The standard InChI is InChI=1S/C30H46N2O4/c1-25(2)21-8-11-30(7)23(28(21,5)10-9-22(34)31-25)20(33)16-18-19-17-27(4,24(35)32-36)13-12-26(19,3)14-15-29(18,30)6/h16,19,21,23,36H,8-15,17H2,1-7H3,(H,31,34)(H,32,35)/t19-,21?,23+,26+,27-,28-,29+,30+/m0/s1. The van der Waals surface area contributed by atoms with Gasteiger partial charge in [0.25, 0.3) is 0 Å². The molecule has 0 radical (unpaired) electrons. The fourth-order valence-corrected chi connectivity index (χ4v) is 10.3. The zero-order valence-corrected chi connectivity index (χ0v) is 23.3. The molecule has 6 nitrogen and oxygen atoms in total. The van der Waals surface area contributed by atoms with Gasteiger partial charge < -0.3 is 5.32 Å². The average molecular weight is 499 g/mol. The summed E-state index contributed by atoms with van der Waals surface area (Å²) in [6.07, 6.45) is 9.65. The van der Waals surface area contributed by atoms with E-state index < -0.39 is 5.41 Å². The first-order valence-electron chi connectivity index (χ1n) is 14.1. The zero-order chi connectivity index (χ0) is 26.5. The summed E-state index contributed by atoms with van der Waals surface area (Å²) in [4.78, 5) is 39.7. The molecule has 4 aliphatic carbocycles. The molecule has 1 aliphatic heterocycles. The third kappa shape index (κ3) is 3.21. The van der Waals surface area contributed by atoms with Gasteiger partial charge in [0.05, 0.1) is 0 Å². The Morgan fingerprint density at radius 1 is 0.972 bits per heavy atom. The normalized spacial score (nSPS) is 49.8. The highest BCUT2D eigenvalue weighted by atomic mass is 16.5. The predicted molar refractivity (Wildman–Crippen MR) is 138 cm³/mol. The van der Waals surface area contributed by atoms with Crippen LogP contribution in [0.2, 0.25) is 0 Å². The summed E-state index contributed by atoms with van der Waals surface area (Å²) >= 11 is 0. The largest absolute Gasteiger partial charge is 0.351 e. The second-order valence-electron chi connectivity index (χ2n) is 15.0. The highest BCUT2D eigenvalue weighted by molar-refractivity contribution is 5.96. The maximum Gasteiger partial charge on any atom is 0.249 e. The smallest absolute Gasteiger partial charge is 0.249 e. The first-order chi connectivity index (χ1) is 16.6. The van der Waals surface area contributed by atoms with Crippen molar-refractivity contribution < 1.29 is 19.6 Å². The molecule has 36 heavy (non-hydrogen) atoms. The molecule has 1 unspecified atom stereocenters. The lowest BCUT2D eigenvalue weighted by molar-refractivity contribution is -0.171. The average Bonchev–Trinajstić information content (AvgIpc) is 2.88. The first kappa shape index (κ1) is 25.9. The summed E-state index contributed by atoms with van der Waals surface area (Å²) in [7, 11) is 0. The summed E-state index contributed by atoms with van der Waals surface area (Å²) in [5.41, 5.74) is 1.67. The lowest BCUT2D eigenvalue weighted by atomic mass is 9.35. The van der Waals surface area contributed by atoms with Gasteiger partial charge in [-0.25, -0.2) is 5.48 Å². The third-order valence-electron chi connectivity index (χ3n) is 12.7. The van der Waals surface area contributed by atoms with E-state index in [2.05, 4.69) is 46.9 Å². The maximum atomic E-state index is 14.3. The Hall–Kier alpha value is -1.69. The second kappa shape index (κ2) is 7.68. The van der Waals surface area contributed by atoms with Gasteiger partial charge in [-0.3, -0.25) is 19.6 Å². The number of carbonyl (C=O) groups is 3. The number of amides is 2. The van der Waals surface area contributed by atoms with Crippen molar-refractivity contribution >= 4 is 17.6 Å². The Labute approximate surface area is 216 Å². The fraction of sp³-hybridized carbons (Fsp3) is 0.833. The van der Waals surface area contributed by atoms with E-state index in [-0.39, 0.29) is 62.6 Å². The number of hydroxylamine groups is 1. The lowest BCUT2D eigenvalue weighted by Gasteiger charge is -2.69. The molecule has 0 aromatic rings. The zero-order valence-electron chi connectivity index (χ0n) is 23.3. The Kier molecular flexibility index (Phi) is 5.53. The van der Waals surface area contributed by atoms with Gasteiger partial charge in [0.1, 0.15) is 0 Å². The van der Waals surface area contributed by atoms with Crippen LogP contribution in [0.3, 0.4) is 0 Å². The Bertz CT molecular complexity index is 1050. The quantitative estimate of drug-likeness (QED) is 0.336. The molecule has 0 spiro atoms. The van der Waals surface area contributed by atoms with Crippen LogP contribution in [0.25, 0.3) is 0 Å². The Morgan fingerprint density at radius 2 is 1.64 bits per heavy atom. The molecular weight excluding hydrogens is 452 g/mol. The van der Waals surface area contributed by atoms with Crippen molar-refractivity contribution in [3.63, 3.8) is 0 Å². The topological polar surface area (TPSA) is 95.5 Å². The van der Waals surface area contributed by atoms with Crippen molar-refractivity contribution in [3.8, 4) is 0 Å². The molecule has 0 aromatic heterocycles. The van der Waals surface area contributed by atoms with Gasteiger partial charge in [-0.2, -0.15) is 0 Å². The third-order valence-corrected chi connectivity index (χ3v) is 12.7. The maximum absolute atomic E-state index is 14.3. The van der Waals surface area contributed by atoms with E-state index in [4.69, 9.17) is 0 Å². The van der Waals surface area contributed by atoms with Crippen LogP contribution < -0.4 is 10.8 Å². The van der Waals surface area contributed by atoms with Crippen LogP contribution in [0.15, 0.2) is 11.6 Å². The summed E-state index contributed by atoms with van der Waals surface area (Å²) in [6.45, 7) is 15.6. The minimum atomic E-state index is -0.639. The van der Waals surface area contributed by atoms with E-state index in [1.165, 1.54) is 5.57 Å². The van der Waals surface area contributed by atoms with Crippen LogP contribution in [0.4, 0.5) is 0 Å². The van der Waals surface area contributed by atoms with E-state index in [1.807, 2.05) is 18.5 Å². The van der Waals surface area contributed by atoms with Gasteiger partial charge in [0.2, 0.25) is 11.8 Å². The van der Waals surface area contributed by atoms with Gasteiger partial charge >= 0.3 is 0 Å². The van der Waals surface area contributed by atoms with Gasteiger partial charge in [-0.15, -0.1) is 0 Å². The molecule has 3 saturated carbocycles. The number of carbonyl (C=O) groups excluding carboxylic acids is 3. The van der Waals surface area contributed by atoms with Crippen LogP contribution in [0.1, 0.15) is 106 Å². The Balaban J connectivity index is 1.62. The van der Waals surface area contributed by atoms with Gasteiger partial charge in [0, 0.05) is 23.3 Å². The van der Waals surface area contributed by atoms with E-state index in [0.717, 1.165) is 44.9 Å². The molecule has 5 aliphatic rings. The van der Waals surface area contributed by atoms with Crippen LogP contribution in [-0.2, 0) is 14.4 Å². The molecule has 4 fully saturated rings. The number of fused-ring (bicyclic) bond motifs is 7. The molecule has 8 atom stereocenters. The second-order valence-corrected chi connectivity index (χ2v) is 15.0. The van der Waals surface area contributed by atoms with E-state index in [0.29, 0.717) is 12.8 Å². The fourth-order valence-electron chi connectivity index (χ4n) is 10.3. The minimum absolute atomic E-state index is 0.0613. The van der Waals surface area contributed by atoms with Crippen LogP contribution in [0, 0.1) is 44.8 Å². The number of hydrogen-bond acceptors (Lipinski definition) is 4. The molecule has 5 rings (SSSR count). The summed E-state index contributed by atoms with van der Waals surface area (Å²) in [6, 6.07) is 0. The number of rotatable bonds is 1. The monoisotopic (exact) mass is 498 g/mol. The van der Waals surface area contributed by atoms with Crippen LogP contribution in [-0.4, -0.2) is 28.3 Å². The number of allylic oxidation sites excluding steroid dienone is 2. The molecule has 2 amide bonds. The highest BCUT2D eigenvalue weighted by Crippen LogP contribution is 2.73. The van der Waals surface area contributed by atoms with E-state index >= 15 is 0 Å². The lowest BCUT2D eigenvalue weighted by Crippen LogP contribution is -2.66.